The first-order valence-electron chi connectivity index (χ1n) is 6.52. The van der Waals surface area contributed by atoms with Gasteiger partial charge in [0.25, 0.3) is 0 Å². The normalized spacial score (nSPS) is 10.9. The number of aromatic nitrogens is 1. The SMILES string of the molecule is Bc1ccc(Nc2c(C(=O)O)cc3c(N)noc3c2F)c(Cl)c1. The Kier molecular flexibility index (Phi) is 3.61. The van der Waals surface area contributed by atoms with Gasteiger partial charge in [0.05, 0.1) is 27.3 Å². The van der Waals surface area contributed by atoms with Crippen LogP contribution in [0.4, 0.5) is 21.6 Å². The first-order valence-corrected chi connectivity index (χ1v) is 6.90. The van der Waals surface area contributed by atoms with E-state index >= 15 is 0 Å². The van der Waals surface area contributed by atoms with Gasteiger partial charge < -0.3 is 20.7 Å². The number of nitrogens with zero attached hydrogens (tertiary/aromatic N) is 1. The number of nitrogens with two attached hydrogens (primary N) is 1. The first kappa shape index (κ1) is 15.2. The predicted molar refractivity (Wildman–Crippen MR) is 88.3 cm³/mol. The molecule has 1 heterocycles. The van der Waals surface area contributed by atoms with Gasteiger partial charge in [0.15, 0.2) is 11.6 Å². The molecule has 0 aliphatic heterocycles. The molecule has 3 rings (SSSR count). The fourth-order valence-electron chi connectivity index (χ4n) is 2.20. The van der Waals surface area contributed by atoms with E-state index in [0.29, 0.717) is 10.7 Å². The van der Waals surface area contributed by atoms with Gasteiger partial charge in [-0.05, 0) is 18.2 Å². The van der Waals surface area contributed by atoms with Crippen LogP contribution in [0.1, 0.15) is 10.4 Å². The highest BCUT2D eigenvalue weighted by Crippen LogP contribution is 2.35. The maximum absolute atomic E-state index is 14.6. The Morgan fingerprint density at radius 3 is 2.83 bits per heavy atom. The number of nitrogen functional groups attached to an aromatic ring is 1. The zero-order chi connectivity index (χ0) is 16.7. The lowest BCUT2D eigenvalue weighted by atomic mass is 9.96. The van der Waals surface area contributed by atoms with Crippen LogP contribution in [0.3, 0.4) is 0 Å². The molecule has 6 nitrogen and oxygen atoms in total. The van der Waals surface area contributed by atoms with Crippen molar-refractivity contribution >= 4 is 59.0 Å². The van der Waals surface area contributed by atoms with E-state index in [1.165, 1.54) is 6.07 Å². The van der Waals surface area contributed by atoms with Gasteiger partial charge in [-0.2, -0.15) is 0 Å². The number of anilines is 3. The van der Waals surface area contributed by atoms with Crippen molar-refractivity contribution in [2.24, 2.45) is 0 Å². The van der Waals surface area contributed by atoms with Gasteiger partial charge in [-0.25, -0.2) is 9.18 Å². The van der Waals surface area contributed by atoms with E-state index in [-0.39, 0.29) is 28.0 Å². The van der Waals surface area contributed by atoms with E-state index in [0.717, 1.165) is 5.46 Å². The number of hydrogen-bond donors (Lipinski definition) is 3. The zero-order valence-corrected chi connectivity index (χ0v) is 12.6. The van der Waals surface area contributed by atoms with Crippen LogP contribution in [-0.2, 0) is 0 Å². The van der Waals surface area contributed by atoms with Crippen molar-refractivity contribution in [3.8, 4) is 0 Å². The number of benzene rings is 2. The van der Waals surface area contributed by atoms with Crippen molar-refractivity contribution in [2.45, 2.75) is 0 Å². The van der Waals surface area contributed by atoms with Crippen molar-refractivity contribution in [2.75, 3.05) is 11.1 Å². The zero-order valence-electron chi connectivity index (χ0n) is 11.9. The van der Waals surface area contributed by atoms with Gasteiger partial charge in [-0.15, -0.1) is 0 Å². The quantitative estimate of drug-likeness (QED) is 0.633. The molecule has 0 radical (unpaired) electrons. The Morgan fingerprint density at radius 1 is 1.43 bits per heavy atom. The Hall–Kier alpha value is -2.74. The topological polar surface area (TPSA) is 101 Å². The molecule has 0 aliphatic rings. The summed E-state index contributed by atoms with van der Waals surface area (Å²) in [6.07, 6.45) is 0. The van der Waals surface area contributed by atoms with Gasteiger partial charge in [0, 0.05) is 0 Å². The second kappa shape index (κ2) is 5.47. The molecule has 0 spiro atoms. The van der Waals surface area contributed by atoms with Gasteiger partial charge in [0.1, 0.15) is 7.85 Å². The molecule has 116 valence electrons. The lowest BCUT2D eigenvalue weighted by Gasteiger charge is -2.12. The van der Waals surface area contributed by atoms with Crippen LogP contribution in [0.2, 0.25) is 5.02 Å². The summed E-state index contributed by atoms with van der Waals surface area (Å²) < 4.78 is 19.5. The predicted octanol–water partition coefficient (Wildman–Crippen LogP) is 1.90. The van der Waals surface area contributed by atoms with Crippen LogP contribution in [0.25, 0.3) is 11.0 Å². The minimum atomic E-state index is -1.32. The van der Waals surface area contributed by atoms with E-state index in [2.05, 4.69) is 10.5 Å². The van der Waals surface area contributed by atoms with E-state index in [9.17, 15) is 14.3 Å². The van der Waals surface area contributed by atoms with Crippen LogP contribution in [0, 0.1) is 5.82 Å². The second-order valence-corrected chi connectivity index (χ2v) is 5.38. The Bertz CT molecular complexity index is 945. The largest absolute Gasteiger partial charge is 0.478 e. The Labute approximate surface area is 135 Å². The number of nitrogens with one attached hydrogen (secondary N) is 1. The molecule has 2 aromatic carbocycles. The Balaban J connectivity index is 2.21. The molecule has 0 bridgehead atoms. The molecule has 0 aliphatic carbocycles. The minimum absolute atomic E-state index is 0.0821. The lowest BCUT2D eigenvalue weighted by molar-refractivity contribution is 0.0697. The molecule has 0 atom stereocenters. The summed E-state index contributed by atoms with van der Waals surface area (Å²) in [5, 5.41) is 15.9. The van der Waals surface area contributed by atoms with Crippen LogP contribution >= 0.6 is 11.6 Å². The molecule has 0 unspecified atom stereocenters. The highest BCUT2D eigenvalue weighted by atomic mass is 35.5. The third-order valence-corrected chi connectivity index (χ3v) is 3.66. The van der Waals surface area contributed by atoms with Crippen molar-refractivity contribution in [3.05, 3.63) is 40.7 Å². The average molecular weight is 334 g/mol. The molecule has 4 N–H and O–H groups in total. The monoisotopic (exact) mass is 333 g/mol. The molecule has 0 amide bonds. The smallest absolute Gasteiger partial charge is 0.337 e. The Morgan fingerprint density at radius 2 is 2.17 bits per heavy atom. The number of carboxylic acid groups (broad SMARTS) is 1. The molecular weight excluding hydrogens is 323 g/mol. The molecule has 1 aromatic heterocycles. The summed E-state index contributed by atoms with van der Waals surface area (Å²) in [7, 11) is 1.85. The van der Waals surface area contributed by atoms with Crippen molar-refractivity contribution in [1.29, 1.82) is 0 Å². The van der Waals surface area contributed by atoms with Crippen LogP contribution in [0.15, 0.2) is 28.8 Å². The van der Waals surface area contributed by atoms with E-state index in [1.807, 2.05) is 7.85 Å². The van der Waals surface area contributed by atoms with Gasteiger partial charge in [-0.1, -0.05) is 28.3 Å². The molecule has 23 heavy (non-hydrogen) atoms. The van der Waals surface area contributed by atoms with Gasteiger partial charge in [-0.3, -0.25) is 0 Å². The third kappa shape index (κ3) is 2.57. The van der Waals surface area contributed by atoms with Crippen LogP contribution in [-0.4, -0.2) is 24.1 Å². The van der Waals surface area contributed by atoms with E-state index < -0.39 is 11.8 Å². The summed E-state index contributed by atoms with van der Waals surface area (Å²) in [5.41, 5.74) is 6.03. The lowest BCUT2D eigenvalue weighted by Crippen LogP contribution is -2.07. The highest BCUT2D eigenvalue weighted by Gasteiger charge is 2.23. The minimum Gasteiger partial charge on any atom is -0.478 e. The second-order valence-electron chi connectivity index (χ2n) is 4.97. The van der Waals surface area contributed by atoms with Gasteiger partial charge in [0.2, 0.25) is 5.58 Å². The van der Waals surface area contributed by atoms with Crippen LogP contribution in [0.5, 0.6) is 0 Å². The summed E-state index contributed by atoms with van der Waals surface area (Å²) in [6, 6.07) is 6.27. The van der Waals surface area contributed by atoms with Gasteiger partial charge >= 0.3 is 5.97 Å². The molecule has 9 heteroatoms. The fourth-order valence-corrected chi connectivity index (χ4v) is 2.48. The van der Waals surface area contributed by atoms with Crippen molar-refractivity contribution in [3.63, 3.8) is 0 Å². The molecule has 0 fully saturated rings. The molecule has 0 saturated carbocycles. The summed E-state index contributed by atoms with van der Waals surface area (Å²) in [5.74, 6) is -2.31. The number of fused-ring (bicyclic) bond motifs is 1. The number of aromatic carboxylic acids is 1. The maximum Gasteiger partial charge on any atom is 0.337 e. The summed E-state index contributed by atoms with van der Waals surface area (Å²) in [4.78, 5) is 11.4. The number of rotatable bonds is 3. The molecule has 0 saturated heterocycles. The standard InChI is InChI=1S/C14H10BClFN3O3/c15-5-1-2-9(8(16)3-5)19-11-6(14(21)22)4-7-12(10(11)17)23-20-13(7)18/h1-4,19H,15H2,(H2,18,20)(H,21,22). The number of carbonyl (C=O) groups is 1. The number of carboxylic acids is 1. The van der Waals surface area contributed by atoms with Crippen LogP contribution < -0.4 is 16.5 Å². The van der Waals surface area contributed by atoms with Crippen molar-refractivity contribution < 1.29 is 18.8 Å². The molecular formula is C14H10BClFN3O3. The van der Waals surface area contributed by atoms with Crippen molar-refractivity contribution in [1.82, 2.24) is 5.16 Å². The third-order valence-electron chi connectivity index (χ3n) is 3.35. The number of hydrogen-bond acceptors (Lipinski definition) is 5. The molecule has 3 aromatic rings. The van der Waals surface area contributed by atoms with E-state index in [4.69, 9.17) is 21.9 Å². The van der Waals surface area contributed by atoms with E-state index in [1.54, 1.807) is 18.2 Å². The number of halogens is 2. The fraction of sp³-hybridized carbons (Fsp3) is 0. The average Bonchev–Trinajstić information content (AvgIpc) is 2.85. The summed E-state index contributed by atoms with van der Waals surface area (Å²) in [6.45, 7) is 0. The first-order chi connectivity index (χ1) is 10.9. The maximum atomic E-state index is 14.6. The highest BCUT2D eigenvalue weighted by molar-refractivity contribution is 6.37. The summed E-state index contributed by atoms with van der Waals surface area (Å²) >= 11 is 6.10.